The average molecular weight is 355 g/mol. The Morgan fingerprint density at radius 3 is 2.72 bits per heavy atom. The fourth-order valence-electron chi connectivity index (χ4n) is 2.99. The van der Waals surface area contributed by atoms with Crippen molar-refractivity contribution in [1.29, 1.82) is 0 Å². The van der Waals surface area contributed by atoms with Crippen LogP contribution in [0.4, 0.5) is 0 Å². The fraction of sp³-hybridized carbons (Fsp3) is 0.263. The van der Waals surface area contributed by atoms with E-state index >= 15 is 0 Å². The average Bonchev–Trinajstić information content (AvgIpc) is 3.15. The number of hydrogen-bond donors (Lipinski definition) is 1. The molecule has 1 aliphatic rings. The molecule has 3 aromatic rings. The highest BCUT2D eigenvalue weighted by molar-refractivity contribution is 6.30. The molecule has 128 valence electrons. The quantitative estimate of drug-likeness (QED) is 0.758. The molecule has 0 bridgehead atoms. The first-order valence-corrected chi connectivity index (χ1v) is 8.81. The highest BCUT2D eigenvalue weighted by Crippen LogP contribution is 2.25. The van der Waals surface area contributed by atoms with Gasteiger partial charge in [-0.05, 0) is 55.8 Å². The van der Waals surface area contributed by atoms with E-state index in [1.807, 2.05) is 24.3 Å². The van der Waals surface area contributed by atoms with E-state index in [1.165, 1.54) is 12.8 Å². The van der Waals surface area contributed by atoms with Crippen molar-refractivity contribution < 1.29 is 4.74 Å². The second-order valence-electron chi connectivity index (χ2n) is 6.12. The molecule has 1 aromatic carbocycles. The number of aromatic nitrogens is 3. The van der Waals surface area contributed by atoms with Crippen molar-refractivity contribution in [3.05, 3.63) is 59.9 Å². The Kier molecular flexibility index (Phi) is 4.68. The van der Waals surface area contributed by atoms with Crippen LogP contribution < -0.4 is 10.1 Å². The maximum absolute atomic E-state index is 5.83. The number of benzene rings is 1. The molecule has 25 heavy (non-hydrogen) atoms. The van der Waals surface area contributed by atoms with E-state index < -0.39 is 0 Å². The van der Waals surface area contributed by atoms with E-state index in [-0.39, 0.29) is 0 Å². The number of hydrogen-bond acceptors (Lipinski definition) is 4. The Labute approximate surface area is 151 Å². The van der Waals surface area contributed by atoms with Crippen LogP contribution in [0.15, 0.2) is 54.9 Å². The minimum absolute atomic E-state index is 0.445. The highest BCUT2D eigenvalue weighted by atomic mass is 35.5. The molecular formula is C19H19ClN4O. The standard InChI is InChI=1S/C19H19ClN4O/c20-15-5-8-19(22-12-15)25-17-6-3-14(4-7-17)18-9-11-24(23-18)16-2-1-10-21-13-16/h3-9,11-12,16,21H,1-2,10,13H2. The first-order chi connectivity index (χ1) is 12.3. The lowest BCUT2D eigenvalue weighted by Gasteiger charge is -2.22. The molecule has 0 radical (unpaired) electrons. The molecule has 1 N–H and O–H groups in total. The minimum Gasteiger partial charge on any atom is -0.439 e. The Balaban J connectivity index is 1.46. The van der Waals surface area contributed by atoms with Crippen molar-refractivity contribution in [1.82, 2.24) is 20.1 Å². The highest BCUT2D eigenvalue weighted by Gasteiger charge is 2.16. The van der Waals surface area contributed by atoms with E-state index in [0.717, 1.165) is 30.1 Å². The summed E-state index contributed by atoms with van der Waals surface area (Å²) in [4.78, 5) is 4.13. The van der Waals surface area contributed by atoms with Crippen LogP contribution in [0.3, 0.4) is 0 Å². The van der Waals surface area contributed by atoms with Crippen LogP contribution in [0, 0.1) is 0 Å². The van der Waals surface area contributed by atoms with E-state index in [2.05, 4.69) is 27.2 Å². The van der Waals surface area contributed by atoms with Crippen LogP contribution in [-0.4, -0.2) is 27.9 Å². The number of pyridine rings is 1. The third kappa shape index (κ3) is 3.83. The molecular weight excluding hydrogens is 336 g/mol. The fourth-order valence-corrected chi connectivity index (χ4v) is 3.10. The molecule has 6 heteroatoms. The van der Waals surface area contributed by atoms with Gasteiger partial charge in [-0.2, -0.15) is 5.10 Å². The van der Waals surface area contributed by atoms with Crippen LogP contribution in [0.2, 0.25) is 5.02 Å². The first-order valence-electron chi connectivity index (χ1n) is 8.44. The zero-order valence-electron chi connectivity index (χ0n) is 13.7. The molecule has 4 rings (SSSR count). The molecule has 2 aromatic heterocycles. The summed E-state index contributed by atoms with van der Waals surface area (Å²) in [5.41, 5.74) is 2.04. The summed E-state index contributed by atoms with van der Waals surface area (Å²) >= 11 is 5.83. The monoisotopic (exact) mass is 354 g/mol. The number of halogens is 1. The van der Waals surface area contributed by atoms with Gasteiger partial charge in [0.05, 0.1) is 16.8 Å². The summed E-state index contributed by atoms with van der Waals surface area (Å²) in [6.45, 7) is 2.09. The van der Waals surface area contributed by atoms with Crippen LogP contribution in [0.5, 0.6) is 11.6 Å². The zero-order chi connectivity index (χ0) is 17.1. The first kappa shape index (κ1) is 16.1. The Morgan fingerprint density at radius 2 is 2.00 bits per heavy atom. The van der Waals surface area contributed by atoms with Crippen LogP contribution in [0.25, 0.3) is 11.3 Å². The van der Waals surface area contributed by atoms with Crippen molar-refractivity contribution in [3.8, 4) is 22.9 Å². The molecule has 0 saturated carbocycles. The zero-order valence-corrected chi connectivity index (χ0v) is 14.5. The summed E-state index contributed by atoms with van der Waals surface area (Å²) < 4.78 is 7.79. The Morgan fingerprint density at radius 1 is 1.12 bits per heavy atom. The number of piperidine rings is 1. The largest absolute Gasteiger partial charge is 0.439 e. The maximum atomic E-state index is 5.83. The number of nitrogens with one attached hydrogen (secondary N) is 1. The molecule has 0 aliphatic carbocycles. The van der Waals surface area contributed by atoms with Crippen molar-refractivity contribution in [2.75, 3.05) is 13.1 Å². The van der Waals surface area contributed by atoms with Crippen molar-refractivity contribution in [3.63, 3.8) is 0 Å². The van der Waals surface area contributed by atoms with Gasteiger partial charge >= 0.3 is 0 Å². The summed E-state index contributed by atoms with van der Waals surface area (Å²) in [5.74, 6) is 1.25. The molecule has 1 saturated heterocycles. The van der Waals surface area contributed by atoms with Crippen LogP contribution in [-0.2, 0) is 0 Å². The topological polar surface area (TPSA) is 52.0 Å². The van der Waals surface area contributed by atoms with Crippen molar-refractivity contribution in [2.45, 2.75) is 18.9 Å². The molecule has 5 nitrogen and oxygen atoms in total. The summed E-state index contributed by atoms with van der Waals surface area (Å²) in [5, 5.41) is 8.75. The molecule has 1 fully saturated rings. The van der Waals surface area contributed by atoms with E-state index in [9.17, 15) is 0 Å². The predicted molar refractivity (Wildman–Crippen MR) is 98.1 cm³/mol. The predicted octanol–water partition coefficient (Wildman–Crippen LogP) is 4.32. The van der Waals surface area contributed by atoms with Gasteiger partial charge in [0.1, 0.15) is 5.75 Å². The van der Waals surface area contributed by atoms with E-state index in [4.69, 9.17) is 21.4 Å². The van der Waals surface area contributed by atoms with Crippen molar-refractivity contribution in [2.24, 2.45) is 0 Å². The molecule has 0 spiro atoms. The number of ether oxygens (including phenoxy) is 1. The lowest BCUT2D eigenvalue weighted by atomic mass is 10.1. The third-order valence-corrected chi connectivity index (χ3v) is 4.55. The normalized spacial score (nSPS) is 17.4. The van der Waals surface area contributed by atoms with Gasteiger partial charge in [0.2, 0.25) is 5.88 Å². The number of rotatable bonds is 4. The van der Waals surface area contributed by atoms with Gasteiger partial charge in [-0.1, -0.05) is 11.6 Å². The second kappa shape index (κ2) is 7.25. The lowest BCUT2D eigenvalue weighted by Crippen LogP contribution is -2.31. The van der Waals surface area contributed by atoms with Crippen LogP contribution in [0.1, 0.15) is 18.9 Å². The van der Waals surface area contributed by atoms with Crippen LogP contribution >= 0.6 is 11.6 Å². The van der Waals surface area contributed by atoms with E-state index in [1.54, 1.807) is 18.3 Å². The Hall–Kier alpha value is -2.37. The van der Waals surface area contributed by atoms with Crippen molar-refractivity contribution >= 4 is 11.6 Å². The summed E-state index contributed by atoms with van der Waals surface area (Å²) in [6, 6.07) is 13.9. The SMILES string of the molecule is Clc1ccc(Oc2ccc(-c3ccn(C4CCCNC4)n3)cc2)nc1. The molecule has 1 unspecified atom stereocenters. The van der Waals surface area contributed by atoms with Gasteiger partial charge < -0.3 is 10.1 Å². The van der Waals surface area contributed by atoms with Gasteiger partial charge in [0.15, 0.2) is 0 Å². The third-order valence-electron chi connectivity index (χ3n) is 4.33. The maximum Gasteiger partial charge on any atom is 0.219 e. The number of nitrogens with zero attached hydrogens (tertiary/aromatic N) is 3. The van der Waals surface area contributed by atoms with E-state index in [0.29, 0.717) is 16.9 Å². The second-order valence-corrected chi connectivity index (χ2v) is 6.56. The summed E-state index contributed by atoms with van der Waals surface area (Å²) in [7, 11) is 0. The molecule has 3 heterocycles. The molecule has 0 amide bonds. The van der Waals surface area contributed by atoms with Gasteiger partial charge in [-0.3, -0.25) is 4.68 Å². The molecule has 1 aliphatic heterocycles. The Bertz CT molecular complexity index is 823. The van der Waals surface area contributed by atoms with Gasteiger partial charge in [-0.15, -0.1) is 0 Å². The van der Waals surface area contributed by atoms with Gasteiger partial charge in [0, 0.05) is 30.6 Å². The summed E-state index contributed by atoms with van der Waals surface area (Å²) in [6.07, 6.45) is 6.01. The minimum atomic E-state index is 0.445. The molecule has 1 atom stereocenters. The lowest BCUT2D eigenvalue weighted by molar-refractivity contribution is 0.347. The van der Waals surface area contributed by atoms with Gasteiger partial charge in [-0.25, -0.2) is 4.98 Å². The smallest absolute Gasteiger partial charge is 0.219 e. The van der Waals surface area contributed by atoms with Gasteiger partial charge in [0.25, 0.3) is 0 Å².